The predicted molar refractivity (Wildman–Crippen MR) is 253 cm³/mol. The fourth-order valence-electron chi connectivity index (χ4n) is 10.9. The standard InChI is InChI=1S/C51H48F6O18S2/c1-3-27-31(25-15-13-23(17-29(25)76(27,70)71)19-5-9-21(10-6-19)47(68)74-45-41(64)37(60)35(58)38(61)42(45)65)33-34(50(54,55)51(56,57)49(33,52)53)32-26-16-14-24(18-30(26)77(72,73)28(32)4-2)20-7-11-22(12-8-20)48(69)75-46-43(66)39(62)36(59)40(63)44(46)67/h5-18,27,31,35-46,58-67H,3-4H2,1-2H3/t27?,31?,35-,36-,37-,38+,39-,40+,41+,42-,43+,44-,45-,46-. The lowest BCUT2D eigenvalue weighted by Gasteiger charge is -2.41. The minimum absolute atomic E-state index is 0.0136. The van der Waals surface area contributed by atoms with E-state index < -0.39 is 189 Å². The van der Waals surface area contributed by atoms with Crippen molar-refractivity contribution >= 4 is 37.2 Å². The molecule has 0 amide bonds. The molecule has 4 aromatic rings. The summed E-state index contributed by atoms with van der Waals surface area (Å²) >= 11 is 0. The maximum Gasteiger partial charge on any atom is 0.380 e. The Labute approximate surface area is 433 Å². The monoisotopic (exact) mass is 1130 g/mol. The van der Waals surface area contributed by atoms with Crippen molar-refractivity contribution in [1.29, 1.82) is 0 Å². The molecule has 9 rings (SSSR count). The number of rotatable bonds is 10. The zero-order valence-corrected chi connectivity index (χ0v) is 41.5. The number of aliphatic hydroxyl groups is 10. The van der Waals surface area contributed by atoms with Crippen molar-refractivity contribution in [2.45, 2.75) is 139 Å². The topological polar surface area (TPSA) is 323 Å². The number of benzene rings is 4. The van der Waals surface area contributed by atoms with E-state index in [0.29, 0.717) is 0 Å². The number of hydrogen-bond donors (Lipinski definition) is 10. The van der Waals surface area contributed by atoms with Gasteiger partial charge >= 0.3 is 29.7 Å². The van der Waals surface area contributed by atoms with Crippen molar-refractivity contribution in [2.75, 3.05) is 0 Å². The van der Waals surface area contributed by atoms with Crippen molar-refractivity contribution in [2.24, 2.45) is 0 Å². The summed E-state index contributed by atoms with van der Waals surface area (Å²) in [6, 6.07) is 15.7. The van der Waals surface area contributed by atoms with Gasteiger partial charge in [0.25, 0.3) is 0 Å². The predicted octanol–water partition coefficient (Wildman–Crippen LogP) is 2.18. The van der Waals surface area contributed by atoms with Crippen LogP contribution in [-0.4, -0.2) is 176 Å². The van der Waals surface area contributed by atoms with Crippen molar-refractivity contribution in [3.8, 4) is 22.3 Å². The molecule has 77 heavy (non-hydrogen) atoms. The summed E-state index contributed by atoms with van der Waals surface area (Å²) in [5.74, 6) is -22.7. The number of aliphatic hydroxyl groups excluding tert-OH is 10. The first-order valence-electron chi connectivity index (χ1n) is 23.7. The van der Waals surface area contributed by atoms with Gasteiger partial charge in [0, 0.05) is 28.2 Å². The first-order chi connectivity index (χ1) is 35.9. The lowest BCUT2D eigenvalue weighted by atomic mass is 9.80. The highest BCUT2D eigenvalue weighted by Gasteiger charge is 2.82. The van der Waals surface area contributed by atoms with E-state index in [4.69, 9.17) is 9.47 Å². The molecule has 414 valence electrons. The molecule has 0 saturated heterocycles. The van der Waals surface area contributed by atoms with Gasteiger partial charge < -0.3 is 60.5 Å². The molecular weight excluding hydrogens is 1080 g/mol. The second-order valence-corrected chi connectivity index (χ2v) is 23.5. The molecule has 0 bridgehead atoms. The van der Waals surface area contributed by atoms with E-state index in [1.807, 2.05) is 0 Å². The minimum atomic E-state index is -6.25. The van der Waals surface area contributed by atoms with Crippen LogP contribution in [0.2, 0.25) is 0 Å². The zero-order valence-electron chi connectivity index (χ0n) is 39.9. The normalized spacial score (nSPS) is 33.4. The Morgan fingerprint density at radius 3 is 1.32 bits per heavy atom. The van der Waals surface area contributed by atoms with Gasteiger partial charge in [0.15, 0.2) is 22.0 Å². The van der Waals surface area contributed by atoms with E-state index in [-0.39, 0.29) is 33.4 Å². The van der Waals surface area contributed by atoms with Crippen LogP contribution in [0, 0.1) is 0 Å². The van der Waals surface area contributed by atoms with Crippen molar-refractivity contribution in [3.05, 3.63) is 123 Å². The summed E-state index contributed by atoms with van der Waals surface area (Å²) in [6.45, 7) is 2.36. The number of esters is 2. The Morgan fingerprint density at radius 1 is 0.519 bits per heavy atom. The average Bonchev–Trinajstić information content (AvgIpc) is 4.07. The SMILES string of the molecule is CCC1=C(C2=C(C3c4ccc(-c5ccc(C(=O)O[C@H]6[C@H](O)[C@@H](O)[C@H](O)[C@@H](O)[C@@H]6O)cc5)cc4S(=O)(=O)C3CC)C(F)(F)C(F)(F)C2(F)F)c2ccc(-c3ccc(C(=O)O[C@H]4[C@H](O)[C@@H](O)[C@H](O)[C@@H](O)[C@@H]4O)cc3)cc2S1(=O)=O. The molecule has 0 spiro atoms. The summed E-state index contributed by atoms with van der Waals surface area (Å²) in [6.07, 6.45) is -25.2. The van der Waals surface area contributed by atoms with E-state index in [0.717, 1.165) is 61.5 Å². The summed E-state index contributed by atoms with van der Waals surface area (Å²) in [4.78, 5) is 23.6. The lowest BCUT2D eigenvalue weighted by Crippen LogP contribution is -2.64. The highest BCUT2D eigenvalue weighted by atomic mass is 32.2. The van der Waals surface area contributed by atoms with Gasteiger partial charge in [-0.2, -0.15) is 26.3 Å². The molecule has 0 radical (unpaired) electrons. The third-order valence-corrected chi connectivity index (χ3v) is 19.5. The van der Waals surface area contributed by atoms with Crippen LogP contribution in [0.15, 0.2) is 111 Å². The van der Waals surface area contributed by atoms with E-state index in [2.05, 4.69) is 0 Å². The number of fused-ring (bicyclic) bond motifs is 2. The Morgan fingerprint density at radius 2 is 0.909 bits per heavy atom. The number of allylic oxidation sites excluding steroid dienone is 4. The zero-order chi connectivity index (χ0) is 56.5. The third kappa shape index (κ3) is 8.36. The molecule has 0 aromatic heterocycles. The number of carbonyl (C=O) groups excluding carboxylic acids is 2. The number of hydrogen-bond acceptors (Lipinski definition) is 18. The van der Waals surface area contributed by atoms with Crippen molar-refractivity contribution < 1.29 is 113 Å². The second-order valence-electron chi connectivity index (χ2n) is 19.4. The molecule has 5 aliphatic rings. The minimum Gasteiger partial charge on any atom is -0.453 e. The molecule has 3 aliphatic carbocycles. The first-order valence-corrected chi connectivity index (χ1v) is 26.8. The Balaban J connectivity index is 1.07. The second kappa shape index (κ2) is 19.3. The summed E-state index contributed by atoms with van der Waals surface area (Å²) in [5.41, 5.74) is -6.68. The molecule has 2 fully saturated rings. The number of sulfone groups is 2. The van der Waals surface area contributed by atoms with E-state index in [9.17, 15) is 77.5 Å². The molecule has 4 aromatic carbocycles. The van der Waals surface area contributed by atoms with Gasteiger partial charge in [-0.1, -0.05) is 62.4 Å². The van der Waals surface area contributed by atoms with Gasteiger partial charge in [0.05, 0.1) is 31.1 Å². The molecule has 26 heteroatoms. The highest BCUT2D eigenvalue weighted by Crippen LogP contribution is 2.68. The number of ether oxygens (including phenoxy) is 2. The molecular formula is C51H48F6O18S2. The summed E-state index contributed by atoms with van der Waals surface area (Å²) in [7, 11) is -9.83. The van der Waals surface area contributed by atoms with Gasteiger partial charge in [-0.15, -0.1) is 0 Å². The smallest absolute Gasteiger partial charge is 0.380 e. The average molecular weight is 1130 g/mol. The molecule has 2 unspecified atom stereocenters. The molecule has 18 nitrogen and oxygen atoms in total. The Bertz CT molecular complexity index is 3320. The van der Waals surface area contributed by atoms with Crippen LogP contribution < -0.4 is 0 Å². The number of halogens is 6. The largest absolute Gasteiger partial charge is 0.453 e. The van der Waals surface area contributed by atoms with Crippen LogP contribution in [0.25, 0.3) is 27.8 Å². The van der Waals surface area contributed by atoms with Crippen LogP contribution in [0.3, 0.4) is 0 Å². The maximum atomic E-state index is 16.7. The fourth-order valence-corrected chi connectivity index (χ4v) is 15.0. The van der Waals surface area contributed by atoms with Crippen LogP contribution in [0.1, 0.15) is 64.4 Å². The fraction of sp³-hybridized carbons (Fsp3) is 0.412. The Kier molecular flexibility index (Phi) is 14.1. The molecule has 2 heterocycles. The summed E-state index contributed by atoms with van der Waals surface area (Å²) in [5, 5.41) is 98.8. The quantitative estimate of drug-likeness (QED) is 0.0804. The highest BCUT2D eigenvalue weighted by molar-refractivity contribution is 7.96. The van der Waals surface area contributed by atoms with Gasteiger partial charge in [0.2, 0.25) is 9.84 Å². The van der Waals surface area contributed by atoms with Crippen LogP contribution in [-0.2, 0) is 29.1 Å². The van der Waals surface area contributed by atoms with Crippen LogP contribution in [0.4, 0.5) is 26.3 Å². The van der Waals surface area contributed by atoms with Gasteiger partial charge in [-0.05, 0) is 77.1 Å². The molecule has 14 atom stereocenters. The first kappa shape index (κ1) is 56.1. The van der Waals surface area contributed by atoms with E-state index in [1.54, 1.807) is 0 Å². The maximum absolute atomic E-state index is 16.7. The van der Waals surface area contributed by atoms with Crippen LogP contribution in [0.5, 0.6) is 0 Å². The van der Waals surface area contributed by atoms with Gasteiger partial charge in [0.1, 0.15) is 61.0 Å². The van der Waals surface area contributed by atoms with Crippen molar-refractivity contribution in [1.82, 2.24) is 0 Å². The number of carbonyl (C=O) groups is 2. The van der Waals surface area contributed by atoms with E-state index in [1.165, 1.54) is 37.3 Å². The van der Waals surface area contributed by atoms with Gasteiger partial charge in [-0.3, -0.25) is 0 Å². The van der Waals surface area contributed by atoms with E-state index >= 15 is 26.3 Å². The lowest BCUT2D eigenvalue weighted by molar-refractivity contribution is -0.264. The van der Waals surface area contributed by atoms with Crippen LogP contribution >= 0.6 is 0 Å². The Hall–Kier alpha value is -5.62. The molecule has 2 aliphatic heterocycles. The molecule has 10 N–H and O–H groups in total. The summed E-state index contributed by atoms with van der Waals surface area (Å²) < 4.78 is 167. The van der Waals surface area contributed by atoms with Gasteiger partial charge in [-0.25, -0.2) is 26.4 Å². The number of alkyl halides is 6. The molecule has 2 saturated carbocycles. The third-order valence-electron chi connectivity index (χ3n) is 15.1. The van der Waals surface area contributed by atoms with Crippen molar-refractivity contribution in [3.63, 3.8) is 0 Å².